The molecule has 0 aliphatic heterocycles. The predicted molar refractivity (Wildman–Crippen MR) is 71.6 cm³/mol. The van der Waals surface area contributed by atoms with Crippen LogP contribution in [0.5, 0.6) is 0 Å². The van der Waals surface area contributed by atoms with Crippen molar-refractivity contribution < 1.29 is 13.2 Å². The highest BCUT2D eigenvalue weighted by molar-refractivity contribution is 5.69. The van der Waals surface area contributed by atoms with Gasteiger partial charge in [0.2, 0.25) is 0 Å². The van der Waals surface area contributed by atoms with E-state index in [0.717, 1.165) is 28.8 Å². The van der Waals surface area contributed by atoms with Crippen molar-refractivity contribution in [1.82, 2.24) is 0 Å². The highest BCUT2D eigenvalue weighted by Gasteiger charge is 2.29. The number of aryl methyl sites for hydroxylation is 1. The lowest BCUT2D eigenvalue weighted by Crippen LogP contribution is -2.03. The molecule has 2 rings (SSSR count). The second-order valence-electron chi connectivity index (χ2n) is 4.37. The van der Waals surface area contributed by atoms with Gasteiger partial charge in [0.25, 0.3) is 0 Å². The Morgan fingerprint density at radius 3 is 2.05 bits per heavy atom. The third-order valence-electron chi connectivity index (χ3n) is 2.75. The lowest BCUT2D eigenvalue weighted by molar-refractivity contribution is -0.137. The smallest absolute Gasteiger partial charge is 0.166 e. The van der Waals surface area contributed by atoms with Crippen LogP contribution in [0.3, 0.4) is 0 Å². The molecule has 2 aromatic rings. The fourth-order valence-electron chi connectivity index (χ4n) is 1.75. The highest BCUT2D eigenvalue weighted by atomic mass is 19.4. The Kier molecular flexibility index (Phi) is 3.74. The normalized spacial score (nSPS) is 12.0. The summed E-state index contributed by atoms with van der Waals surface area (Å²) in [6.07, 6.45) is -0.594. The molecule has 0 aliphatic carbocycles. The number of hydrogen-bond acceptors (Lipinski definition) is 0. The molecule has 0 saturated carbocycles. The Morgan fingerprint density at radius 2 is 1.47 bits per heavy atom. The highest BCUT2D eigenvalue weighted by Crippen LogP contribution is 2.29. The number of benzene rings is 2. The molecule has 0 amide bonds. The first-order valence-corrected chi connectivity index (χ1v) is 5.87. The summed E-state index contributed by atoms with van der Waals surface area (Å²) in [5.74, 6) is 0. The van der Waals surface area contributed by atoms with E-state index in [0.29, 0.717) is 0 Å². The van der Waals surface area contributed by atoms with Crippen LogP contribution in [0, 0.1) is 6.92 Å². The second-order valence-corrected chi connectivity index (χ2v) is 4.37. The zero-order valence-electron chi connectivity index (χ0n) is 10.4. The van der Waals surface area contributed by atoms with E-state index >= 15 is 0 Å². The van der Waals surface area contributed by atoms with Crippen molar-refractivity contribution in [2.45, 2.75) is 13.1 Å². The van der Waals surface area contributed by atoms with E-state index in [1.54, 1.807) is 6.08 Å². The van der Waals surface area contributed by atoms with Gasteiger partial charge >= 0.3 is 6.18 Å². The van der Waals surface area contributed by atoms with Crippen molar-refractivity contribution in [2.24, 2.45) is 0 Å². The van der Waals surface area contributed by atoms with Crippen LogP contribution in [-0.2, 0) is 6.18 Å². The van der Waals surface area contributed by atoms with E-state index in [-0.39, 0.29) is 0 Å². The monoisotopic (exact) mass is 262 g/mol. The fourth-order valence-corrected chi connectivity index (χ4v) is 1.75. The van der Waals surface area contributed by atoms with Crippen LogP contribution in [0.25, 0.3) is 12.2 Å². The molecule has 0 atom stereocenters. The maximum Gasteiger partial charge on any atom is 0.416 e. The summed E-state index contributed by atoms with van der Waals surface area (Å²) in [7, 11) is 0. The quantitative estimate of drug-likeness (QED) is 0.654. The number of halogens is 3. The van der Waals surface area contributed by atoms with Crippen LogP contribution in [0.1, 0.15) is 22.3 Å². The summed E-state index contributed by atoms with van der Waals surface area (Å²) in [5, 5.41) is 0. The SMILES string of the molecule is Cc1cccc(/C=C/c2ccc(C(F)(F)F)cc2)c1. The lowest BCUT2D eigenvalue weighted by atomic mass is 10.1. The first-order valence-electron chi connectivity index (χ1n) is 5.87. The molecule has 0 aliphatic rings. The van der Waals surface area contributed by atoms with Crippen molar-refractivity contribution in [1.29, 1.82) is 0 Å². The van der Waals surface area contributed by atoms with E-state index in [4.69, 9.17) is 0 Å². The van der Waals surface area contributed by atoms with Gasteiger partial charge in [-0.1, -0.05) is 54.1 Å². The number of hydrogen-bond donors (Lipinski definition) is 0. The number of alkyl halides is 3. The summed E-state index contributed by atoms with van der Waals surface area (Å²) >= 11 is 0. The molecule has 0 fully saturated rings. The maximum atomic E-state index is 12.4. The molecule has 0 radical (unpaired) electrons. The predicted octanol–water partition coefficient (Wildman–Crippen LogP) is 5.18. The number of rotatable bonds is 2. The van der Waals surface area contributed by atoms with Gasteiger partial charge in [0.1, 0.15) is 0 Å². The van der Waals surface area contributed by atoms with Crippen LogP contribution >= 0.6 is 0 Å². The van der Waals surface area contributed by atoms with Crippen molar-refractivity contribution >= 4 is 12.2 Å². The molecule has 0 aromatic heterocycles. The van der Waals surface area contributed by atoms with Crippen LogP contribution in [-0.4, -0.2) is 0 Å². The first kappa shape index (κ1) is 13.4. The third kappa shape index (κ3) is 3.71. The molecule has 0 bridgehead atoms. The van der Waals surface area contributed by atoms with Gasteiger partial charge in [-0.2, -0.15) is 13.2 Å². The van der Waals surface area contributed by atoms with Gasteiger partial charge in [0, 0.05) is 0 Å². The van der Waals surface area contributed by atoms with Gasteiger partial charge in [0.05, 0.1) is 5.56 Å². The molecule has 0 nitrogen and oxygen atoms in total. The first-order chi connectivity index (χ1) is 8.95. The van der Waals surface area contributed by atoms with Crippen LogP contribution < -0.4 is 0 Å². The van der Waals surface area contributed by atoms with Gasteiger partial charge in [0.15, 0.2) is 0 Å². The molecular formula is C16H13F3. The Bertz CT molecular complexity index is 578. The minimum atomic E-state index is -4.28. The molecule has 3 heteroatoms. The van der Waals surface area contributed by atoms with Gasteiger partial charge < -0.3 is 0 Å². The molecular weight excluding hydrogens is 249 g/mol. The largest absolute Gasteiger partial charge is 0.416 e. The standard InChI is InChI=1S/C16H13F3/c1-12-3-2-4-14(11-12)6-5-13-7-9-15(10-8-13)16(17,18)19/h2-11H,1H3/b6-5+. The summed E-state index contributed by atoms with van der Waals surface area (Å²) in [6.45, 7) is 2.00. The molecule has 0 unspecified atom stereocenters. The zero-order valence-corrected chi connectivity index (χ0v) is 10.4. The molecule has 0 saturated heterocycles. The molecule has 19 heavy (non-hydrogen) atoms. The van der Waals surface area contributed by atoms with E-state index in [9.17, 15) is 13.2 Å². The van der Waals surface area contributed by atoms with E-state index in [1.807, 2.05) is 37.3 Å². The average molecular weight is 262 g/mol. The average Bonchev–Trinajstić information content (AvgIpc) is 2.36. The summed E-state index contributed by atoms with van der Waals surface area (Å²) in [6, 6.07) is 13.0. The Balaban J connectivity index is 2.16. The van der Waals surface area contributed by atoms with E-state index in [1.165, 1.54) is 12.1 Å². The van der Waals surface area contributed by atoms with Gasteiger partial charge in [-0.25, -0.2) is 0 Å². The lowest BCUT2D eigenvalue weighted by Gasteiger charge is -2.05. The third-order valence-corrected chi connectivity index (χ3v) is 2.75. The summed E-state index contributed by atoms with van der Waals surface area (Å²) < 4.78 is 37.2. The van der Waals surface area contributed by atoms with Gasteiger partial charge in [-0.15, -0.1) is 0 Å². The minimum Gasteiger partial charge on any atom is -0.166 e. The molecule has 0 spiro atoms. The molecule has 0 N–H and O–H groups in total. The molecule has 0 heterocycles. The zero-order chi connectivity index (χ0) is 13.9. The summed E-state index contributed by atoms with van der Waals surface area (Å²) in [4.78, 5) is 0. The van der Waals surface area contributed by atoms with Crippen molar-refractivity contribution in [2.75, 3.05) is 0 Å². The van der Waals surface area contributed by atoms with Crippen molar-refractivity contribution in [3.63, 3.8) is 0 Å². The van der Waals surface area contributed by atoms with E-state index in [2.05, 4.69) is 0 Å². The molecule has 98 valence electrons. The van der Waals surface area contributed by atoms with Gasteiger partial charge in [-0.3, -0.25) is 0 Å². The minimum absolute atomic E-state index is 0.625. The fraction of sp³-hybridized carbons (Fsp3) is 0.125. The van der Waals surface area contributed by atoms with Crippen LogP contribution in [0.2, 0.25) is 0 Å². The summed E-state index contributed by atoms with van der Waals surface area (Å²) in [5.41, 5.74) is 2.30. The Morgan fingerprint density at radius 1 is 0.842 bits per heavy atom. The van der Waals surface area contributed by atoms with E-state index < -0.39 is 11.7 Å². The topological polar surface area (TPSA) is 0 Å². The Labute approximate surface area is 110 Å². The second kappa shape index (κ2) is 5.31. The van der Waals surface area contributed by atoms with Crippen molar-refractivity contribution in [3.05, 3.63) is 70.8 Å². The van der Waals surface area contributed by atoms with Crippen LogP contribution in [0.15, 0.2) is 48.5 Å². The Hall–Kier alpha value is -2.03. The van der Waals surface area contributed by atoms with Crippen molar-refractivity contribution in [3.8, 4) is 0 Å². The molecule has 2 aromatic carbocycles. The van der Waals surface area contributed by atoms with Gasteiger partial charge in [-0.05, 0) is 30.2 Å². The maximum absolute atomic E-state index is 12.4. The van der Waals surface area contributed by atoms with Crippen LogP contribution in [0.4, 0.5) is 13.2 Å².